The first-order valence-electron chi connectivity index (χ1n) is 5.75. The molecule has 0 heterocycles. The third-order valence-corrected chi connectivity index (χ3v) is 2.92. The molecule has 2 aromatic rings. The molecule has 3 heteroatoms. The molecule has 1 amide bonds. The second-order valence-electron chi connectivity index (χ2n) is 4.22. The SMILES string of the molecule is Cc1ccc(NC(=O)c2ccccc2)c(C)c1O. The summed E-state index contributed by atoms with van der Waals surface area (Å²) in [6, 6.07) is 12.6. The maximum Gasteiger partial charge on any atom is 0.255 e. The van der Waals surface area contributed by atoms with Gasteiger partial charge in [-0.15, -0.1) is 0 Å². The largest absolute Gasteiger partial charge is 0.507 e. The van der Waals surface area contributed by atoms with Gasteiger partial charge in [0.2, 0.25) is 0 Å². The van der Waals surface area contributed by atoms with E-state index in [-0.39, 0.29) is 11.7 Å². The zero-order chi connectivity index (χ0) is 13.1. The standard InChI is InChI=1S/C15H15NO2/c1-10-8-9-13(11(2)14(10)17)16-15(18)12-6-4-3-5-7-12/h3-9,17H,1-2H3,(H,16,18). The van der Waals surface area contributed by atoms with Crippen LogP contribution in [0.5, 0.6) is 5.75 Å². The summed E-state index contributed by atoms with van der Waals surface area (Å²) < 4.78 is 0. The van der Waals surface area contributed by atoms with E-state index in [1.165, 1.54) is 0 Å². The Bertz CT molecular complexity index is 577. The van der Waals surface area contributed by atoms with Crippen molar-refractivity contribution in [2.24, 2.45) is 0 Å². The van der Waals surface area contributed by atoms with E-state index in [1.54, 1.807) is 31.2 Å². The molecular formula is C15H15NO2. The lowest BCUT2D eigenvalue weighted by Gasteiger charge is -2.11. The maximum atomic E-state index is 12.0. The van der Waals surface area contributed by atoms with Crippen LogP contribution >= 0.6 is 0 Å². The van der Waals surface area contributed by atoms with Crippen molar-refractivity contribution in [1.82, 2.24) is 0 Å². The molecule has 0 fully saturated rings. The quantitative estimate of drug-likeness (QED) is 0.847. The fraction of sp³-hybridized carbons (Fsp3) is 0.133. The van der Waals surface area contributed by atoms with Crippen LogP contribution in [0.1, 0.15) is 21.5 Å². The number of phenols is 1. The van der Waals surface area contributed by atoms with Gasteiger partial charge in [0.1, 0.15) is 5.75 Å². The number of amides is 1. The Labute approximate surface area is 106 Å². The molecule has 3 nitrogen and oxygen atoms in total. The highest BCUT2D eigenvalue weighted by atomic mass is 16.3. The molecule has 0 aliphatic heterocycles. The molecule has 0 saturated carbocycles. The highest BCUT2D eigenvalue weighted by Crippen LogP contribution is 2.28. The summed E-state index contributed by atoms with van der Waals surface area (Å²) in [5.74, 6) is 0.0443. The second-order valence-corrected chi connectivity index (χ2v) is 4.22. The average Bonchev–Trinajstić information content (AvgIpc) is 2.40. The van der Waals surface area contributed by atoms with Crippen molar-refractivity contribution in [2.45, 2.75) is 13.8 Å². The Balaban J connectivity index is 2.26. The van der Waals surface area contributed by atoms with Crippen molar-refractivity contribution in [3.05, 3.63) is 59.2 Å². The summed E-state index contributed by atoms with van der Waals surface area (Å²) in [6.45, 7) is 3.61. The Morgan fingerprint density at radius 1 is 1.06 bits per heavy atom. The van der Waals surface area contributed by atoms with Crippen LogP contribution < -0.4 is 5.32 Å². The van der Waals surface area contributed by atoms with Crippen molar-refractivity contribution in [3.8, 4) is 5.75 Å². The molecule has 0 aliphatic carbocycles. The lowest BCUT2D eigenvalue weighted by atomic mass is 10.1. The van der Waals surface area contributed by atoms with E-state index in [0.717, 1.165) is 5.56 Å². The van der Waals surface area contributed by atoms with Crippen LogP contribution in [-0.2, 0) is 0 Å². The normalized spacial score (nSPS) is 10.1. The average molecular weight is 241 g/mol. The van der Waals surface area contributed by atoms with E-state index >= 15 is 0 Å². The summed E-state index contributed by atoms with van der Waals surface area (Å²) in [4.78, 5) is 12.0. The Morgan fingerprint density at radius 3 is 2.39 bits per heavy atom. The van der Waals surface area contributed by atoms with Crippen LogP contribution in [0.25, 0.3) is 0 Å². The third kappa shape index (κ3) is 2.35. The van der Waals surface area contributed by atoms with Crippen LogP contribution in [0.4, 0.5) is 5.69 Å². The van der Waals surface area contributed by atoms with Crippen molar-refractivity contribution in [3.63, 3.8) is 0 Å². The minimum Gasteiger partial charge on any atom is -0.507 e. The van der Waals surface area contributed by atoms with Gasteiger partial charge in [-0.2, -0.15) is 0 Å². The number of aryl methyl sites for hydroxylation is 1. The maximum absolute atomic E-state index is 12.0. The van der Waals surface area contributed by atoms with Crippen LogP contribution in [-0.4, -0.2) is 11.0 Å². The molecule has 18 heavy (non-hydrogen) atoms. The van der Waals surface area contributed by atoms with Crippen LogP contribution in [0.2, 0.25) is 0 Å². The van der Waals surface area contributed by atoms with Crippen molar-refractivity contribution in [2.75, 3.05) is 5.32 Å². The van der Waals surface area contributed by atoms with Gasteiger partial charge in [0.25, 0.3) is 5.91 Å². The number of hydrogen-bond donors (Lipinski definition) is 2. The first-order valence-corrected chi connectivity index (χ1v) is 5.75. The zero-order valence-corrected chi connectivity index (χ0v) is 10.4. The second kappa shape index (κ2) is 4.92. The molecule has 2 aromatic carbocycles. The number of carbonyl (C=O) groups excluding carboxylic acids is 1. The fourth-order valence-corrected chi connectivity index (χ4v) is 1.76. The predicted molar refractivity (Wildman–Crippen MR) is 72.0 cm³/mol. The van der Waals surface area contributed by atoms with E-state index < -0.39 is 0 Å². The minimum absolute atomic E-state index is 0.179. The van der Waals surface area contributed by atoms with Gasteiger partial charge in [-0.3, -0.25) is 4.79 Å². The highest BCUT2D eigenvalue weighted by Gasteiger charge is 2.10. The van der Waals surface area contributed by atoms with E-state index in [0.29, 0.717) is 16.8 Å². The van der Waals surface area contributed by atoms with Gasteiger partial charge in [-0.25, -0.2) is 0 Å². The molecule has 0 aromatic heterocycles. The van der Waals surface area contributed by atoms with Crippen LogP contribution in [0.15, 0.2) is 42.5 Å². The van der Waals surface area contributed by atoms with Crippen molar-refractivity contribution in [1.29, 1.82) is 0 Å². The number of phenolic OH excluding ortho intramolecular Hbond substituents is 1. The van der Waals surface area contributed by atoms with Crippen LogP contribution in [0.3, 0.4) is 0 Å². The molecular weight excluding hydrogens is 226 g/mol. The highest BCUT2D eigenvalue weighted by molar-refractivity contribution is 6.04. The van der Waals surface area contributed by atoms with Gasteiger partial charge < -0.3 is 10.4 Å². The molecule has 0 radical (unpaired) electrons. The van der Waals surface area contributed by atoms with Crippen LogP contribution in [0, 0.1) is 13.8 Å². The third-order valence-electron chi connectivity index (χ3n) is 2.92. The summed E-state index contributed by atoms with van der Waals surface area (Å²) in [7, 11) is 0. The zero-order valence-electron chi connectivity index (χ0n) is 10.4. The molecule has 2 rings (SSSR count). The topological polar surface area (TPSA) is 49.3 Å². The molecule has 0 bridgehead atoms. The number of carbonyl (C=O) groups is 1. The number of hydrogen-bond acceptors (Lipinski definition) is 2. The van der Waals surface area contributed by atoms with Gasteiger partial charge >= 0.3 is 0 Å². The van der Waals surface area contributed by atoms with E-state index in [4.69, 9.17) is 0 Å². The summed E-state index contributed by atoms with van der Waals surface area (Å²) in [6.07, 6.45) is 0. The Hall–Kier alpha value is -2.29. The first-order chi connectivity index (χ1) is 8.59. The molecule has 0 unspecified atom stereocenters. The first kappa shape index (κ1) is 12.2. The molecule has 0 atom stereocenters. The van der Waals surface area contributed by atoms with Gasteiger partial charge in [0.05, 0.1) is 0 Å². The molecule has 92 valence electrons. The van der Waals surface area contributed by atoms with Crippen molar-refractivity contribution >= 4 is 11.6 Å². The lowest BCUT2D eigenvalue weighted by Crippen LogP contribution is -2.12. The van der Waals surface area contributed by atoms with E-state index in [2.05, 4.69) is 5.32 Å². The predicted octanol–water partition coefficient (Wildman–Crippen LogP) is 3.26. The monoisotopic (exact) mass is 241 g/mol. The number of rotatable bonds is 2. The van der Waals surface area contributed by atoms with Gasteiger partial charge in [0, 0.05) is 16.8 Å². The summed E-state index contributed by atoms with van der Waals surface area (Å²) in [5.41, 5.74) is 2.70. The molecule has 0 saturated heterocycles. The summed E-state index contributed by atoms with van der Waals surface area (Å²) in [5, 5.41) is 12.6. The number of nitrogens with one attached hydrogen (secondary N) is 1. The smallest absolute Gasteiger partial charge is 0.255 e. The van der Waals surface area contributed by atoms with E-state index in [1.807, 2.05) is 25.1 Å². The summed E-state index contributed by atoms with van der Waals surface area (Å²) >= 11 is 0. The Kier molecular flexibility index (Phi) is 3.33. The lowest BCUT2D eigenvalue weighted by molar-refractivity contribution is 0.102. The molecule has 0 spiro atoms. The van der Waals surface area contributed by atoms with Crippen molar-refractivity contribution < 1.29 is 9.90 Å². The molecule has 0 aliphatic rings. The Morgan fingerprint density at radius 2 is 1.72 bits per heavy atom. The molecule has 2 N–H and O–H groups in total. The van der Waals surface area contributed by atoms with Gasteiger partial charge in [0.15, 0.2) is 0 Å². The van der Waals surface area contributed by atoms with Gasteiger partial charge in [-0.05, 0) is 37.6 Å². The van der Waals surface area contributed by atoms with E-state index in [9.17, 15) is 9.90 Å². The number of benzene rings is 2. The number of aromatic hydroxyl groups is 1. The number of anilines is 1. The fourth-order valence-electron chi connectivity index (χ4n) is 1.76. The minimum atomic E-state index is -0.179. The van der Waals surface area contributed by atoms with Gasteiger partial charge in [-0.1, -0.05) is 24.3 Å².